The van der Waals surface area contributed by atoms with Crippen molar-refractivity contribution in [1.29, 1.82) is 0 Å². The van der Waals surface area contributed by atoms with E-state index in [2.05, 4.69) is 5.32 Å². The van der Waals surface area contributed by atoms with Crippen LogP contribution >= 0.6 is 23.2 Å². The maximum absolute atomic E-state index is 12.1. The van der Waals surface area contributed by atoms with Gasteiger partial charge in [-0.1, -0.05) is 23.2 Å². The van der Waals surface area contributed by atoms with Crippen molar-refractivity contribution in [2.45, 2.75) is 19.1 Å². The molecule has 0 aromatic heterocycles. The molecule has 1 aromatic carbocycles. The van der Waals surface area contributed by atoms with Gasteiger partial charge in [0.25, 0.3) is 0 Å². The van der Waals surface area contributed by atoms with Gasteiger partial charge < -0.3 is 10.6 Å². The number of nitrogens with one attached hydrogen (secondary N) is 2. The Balaban J connectivity index is 2.53. The van der Waals surface area contributed by atoms with E-state index < -0.39 is 30.6 Å². The van der Waals surface area contributed by atoms with Crippen LogP contribution in [0.2, 0.25) is 10.0 Å². The van der Waals surface area contributed by atoms with Crippen molar-refractivity contribution in [3.05, 3.63) is 28.2 Å². The largest absolute Gasteiger partial charge is 0.405 e. The number of nitrogens with zero attached hydrogens (tertiary/aromatic N) is 1. The van der Waals surface area contributed by atoms with Gasteiger partial charge in [0.2, 0.25) is 11.8 Å². The summed E-state index contributed by atoms with van der Waals surface area (Å²) < 4.78 is 36.2. The lowest BCUT2D eigenvalue weighted by atomic mass is 10.2. The average molecular weight is 386 g/mol. The number of benzene rings is 1. The van der Waals surface area contributed by atoms with E-state index in [1.807, 2.05) is 0 Å². The molecule has 0 aliphatic carbocycles. The molecule has 2 N–H and O–H groups in total. The molecule has 1 rings (SSSR count). The number of carbonyl (C=O) groups is 2. The predicted octanol–water partition coefficient (Wildman–Crippen LogP) is 2.93. The van der Waals surface area contributed by atoms with Gasteiger partial charge in [-0.2, -0.15) is 13.2 Å². The normalized spacial score (nSPS) is 12.8. The molecule has 0 saturated heterocycles. The van der Waals surface area contributed by atoms with Crippen molar-refractivity contribution >= 4 is 40.7 Å². The van der Waals surface area contributed by atoms with Crippen LogP contribution in [-0.2, 0) is 9.59 Å². The highest BCUT2D eigenvalue weighted by Gasteiger charge is 2.29. The molecule has 0 saturated carbocycles. The molecule has 134 valence electrons. The summed E-state index contributed by atoms with van der Waals surface area (Å²) in [5.41, 5.74) is 0.414. The molecule has 0 aliphatic heterocycles. The second-order valence-electron chi connectivity index (χ2n) is 5.10. The van der Waals surface area contributed by atoms with Crippen molar-refractivity contribution in [3.63, 3.8) is 0 Å². The standard InChI is InChI=1S/C14H16Cl2F3N3O2/c1-8(13(24)20-7-14(17,18)19)22(2)6-12(23)21-9-3-4-10(15)11(16)5-9/h3-5,8H,6-7H2,1-2H3,(H,20,24)(H,21,23). The van der Waals surface area contributed by atoms with Crippen LogP contribution in [0.25, 0.3) is 0 Å². The van der Waals surface area contributed by atoms with Crippen LogP contribution in [0.3, 0.4) is 0 Å². The fraction of sp³-hybridized carbons (Fsp3) is 0.429. The van der Waals surface area contributed by atoms with Gasteiger partial charge in [-0.3, -0.25) is 14.5 Å². The van der Waals surface area contributed by atoms with Crippen LogP contribution in [0.1, 0.15) is 6.92 Å². The highest BCUT2D eigenvalue weighted by atomic mass is 35.5. The maximum Gasteiger partial charge on any atom is 0.405 e. The zero-order valence-corrected chi connectivity index (χ0v) is 14.4. The molecule has 0 fully saturated rings. The number of anilines is 1. The van der Waals surface area contributed by atoms with Gasteiger partial charge >= 0.3 is 6.18 Å². The van der Waals surface area contributed by atoms with Crippen LogP contribution < -0.4 is 10.6 Å². The van der Waals surface area contributed by atoms with E-state index >= 15 is 0 Å². The van der Waals surface area contributed by atoms with Crippen molar-refractivity contribution in [3.8, 4) is 0 Å². The molecule has 0 aliphatic rings. The lowest BCUT2D eigenvalue weighted by Crippen LogP contribution is -2.47. The summed E-state index contributed by atoms with van der Waals surface area (Å²) in [7, 11) is 1.45. The Morgan fingerprint density at radius 2 is 1.88 bits per heavy atom. The van der Waals surface area contributed by atoms with Gasteiger partial charge in [0.05, 0.1) is 22.6 Å². The molecule has 0 spiro atoms. The van der Waals surface area contributed by atoms with Crippen LogP contribution in [0, 0.1) is 0 Å². The number of halogens is 5. The molecule has 0 heterocycles. The average Bonchev–Trinajstić information content (AvgIpc) is 2.46. The zero-order valence-electron chi connectivity index (χ0n) is 12.9. The minimum atomic E-state index is -4.49. The van der Waals surface area contributed by atoms with Crippen molar-refractivity contribution in [2.24, 2.45) is 0 Å². The van der Waals surface area contributed by atoms with Crippen molar-refractivity contribution in [1.82, 2.24) is 10.2 Å². The first-order valence-corrected chi connectivity index (χ1v) is 7.55. The highest BCUT2D eigenvalue weighted by Crippen LogP contribution is 2.24. The van der Waals surface area contributed by atoms with E-state index in [0.29, 0.717) is 10.7 Å². The lowest BCUT2D eigenvalue weighted by molar-refractivity contribution is -0.141. The van der Waals surface area contributed by atoms with E-state index in [1.165, 1.54) is 31.0 Å². The Kier molecular flexibility index (Phi) is 7.31. The van der Waals surface area contributed by atoms with Crippen LogP contribution in [0.15, 0.2) is 18.2 Å². The Morgan fingerprint density at radius 1 is 1.25 bits per heavy atom. The monoisotopic (exact) mass is 385 g/mol. The third-order valence-corrected chi connectivity index (χ3v) is 3.84. The Labute approximate surface area is 147 Å². The first-order chi connectivity index (χ1) is 11.0. The summed E-state index contributed by atoms with van der Waals surface area (Å²) in [6.45, 7) is -0.210. The third kappa shape index (κ3) is 6.94. The third-order valence-electron chi connectivity index (χ3n) is 3.10. The number of carbonyl (C=O) groups excluding carboxylic acids is 2. The number of hydrogen-bond donors (Lipinski definition) is 2. The quantitative estimate of drug-likeness (QED) is 0.791. The molecule has 10 heteroatoms. The van der Waals surface area contributed by atoms with Gasteiger partial charge in [-0.25, -0.2) is 0 Å². The summed E-state index contributed by atoms with van der Waals surface area (Å²) in [5, 5.41) is 4.93. The van der Waals surface area contributed by atoms with Gasteiger partial charge in [0.15, 0.2) is 0 Å². The first-order valence-electron chi connectivity index (χ1n) is 6.79. The minimum absolute atomic E-state index is 0.194. The zero-order chi connectivity index (χ0) is 18.5. The predicted molar refractivity (Wildman–Crippen MR) is 86.2 cm³/mol. The fourth-order valence-corrected chi connectivity index (χ4v) is 1.97. The molecule has 1 atom stereocenters. The topological polar surface area (TPSA) is 61.4 Å². The molecule has 5 nitrogen and oxygen atoms in total. The van der Waals surface area contributed by atoms with Crippen molar-refractivity contribution < 1.29 is 22.8 Å². The molecular weight excluding hydrogens is 370 g/mol. The van der Waals surface area contributed by atoms with Gasteiger partial charge in [0, 0.05) is 5.69 Å². The minimum Gasteiger partial charge on any atom is -0.346 e. The number of likely N-dealkylation sites (N-methyl/N-ethyl adjacent to an activating group) is 1. The highest BCUT2D eigenvalue weighted by molar-refractivity contribution is 6.42. The number of amides is 2. The van der Waals surface area contributed by atoms with Crippen molar-refractivity contribution in [2.75, 3.05) is 25.5 Å². The number of rotatable bonds is 6. The SMILES string of the molecule is CC(C(=O)NCC(F)(F)F)N(C)CC(=O)Nc1ccc(Cl)c(Cl)c1. The first kappa shape index (κ1) is 20.5. The fourth-order valence-electron chi connectivity index (χ4n) is 1.67. The summed E-state index contributed by atoms with van der Waals surface area (Å²) in [4.78, 5) is 24.9. The van der Waals surface area contributed by atoms with Gasteiger partial charge in [-0.15, -0.1) is 0 Å². The van der Waals surface area contributed by atoms with E-state index in [1.54, 1.807) is 11.4 Å². The lowest BCUT2D eigenvalue weighted by Gasteiger charge is -2.23. The second kappa shape index (κ2) is 8.55. The molecule has 1 aromatic rings. The van der Waals surface area contributed by atoms with E-state index in [0.717, 1.165) is 0 Å². The molecule has 0 bridgehead atoms. The summed E-state index contributed by atoms with van der Waals surface area (Å²) in [5.74, 6) is -1.27. The molecule has 24 heavy (non-hydrogen) atoms. The molecular formula is C14H16Cl2F3N3O2. The van der Waals surface area contributed by atoms with Crippen LogP contribution in [0.5, 0.6) is 0 Å². The van der Waals surface area contributed by atoms with E-state index in [9.17, 15) is 22.8 Å². The van der Waals surface area contributed by atoms with Crippen LogP contribution in [-0.4, -0.2) is 49.1 Å². The molecule has 0 radical (unpaired) electrons. The summed E-state index contributed by atoms with van der Waals surface area (Å²) >= 11 is 11.6. The molecule has 2 amide bonds. The Hall–Kier alpha value is -1.51. The maximum atomic E-state index is 12.1. The summed E-state index contributed by atoms with van der Waals surface area (Å²) in [6.07, 6.45) is -4.49. The van der Waals surface area contributed by atoms with E-state index in [4.69, 9.17) is 23.2 Å². The number of alkyl halides is 3. The number of hydrogen-bond acceptors (Lipinski definition) is 3. The Bertz CT molecular complexity index is 611. The van der Waals surface area contributed by atoms with Gasteiger partial charge in [-0.05, 0) is 32.2 Å². The summed E-state index contributed by atoms with van der Waals surface area (Å²) in [6, 6.07) is 3.61. The molecule has 1 unspecified atom stereocenters. The van der Waals surface area contributed by atoms with Crippen LogP contribution in [0.4, 0.5) is 18.9 Å². The smallest absolute Gasteiger partial charge is 0.346 e. The Morgan fingerprint density at radius 3 is 2.42 bits per heavy atom. The second-order valence-corrected chi connectivity index (χ2v) is 5.92. The van der Waals surface area contributed by atoms with Gasteiger partial charge in [0.1, 0.15) is 6.54 Å². The van der Waals surface area contributed by atoms with E-state index in [-0.39, 0.29) is 11.6 Å².